The Bertz CT molecular complexity index is 856. The summed E-state index contributed by atoms with van der Waals surface area (Å²) in [7, 11) is 0. The third-order valence-electron chi connectivity index (χ3n) is 5.42. The number of hydrogen-bond acceptors (Lipinski definition) is 3. The maximum atomic E-state index is 13.2. The molecule has 31 heavy (non-hydrogen) atoms. The molecule has 168 valence electrons. The van der Waals surface area contributed by atoms with Gasteiger partial charge in [0, 0.05) is 12.6 Å². The van der Waals surface area contributed by atoms with Crippen molar-refractivity contribution in [2.45, 2.75) is 73.0 Å². The molecule has 0 aromatic heterocycles. The number of aryl methyl sites for hydroxylation is 3. The van der Waals surface area contributed by atoms with Crippen LogP contribution in [0.2, 0.25) is 0 Å². The molecule has 2 aromatic carbocycles. The second-order valence-electron chi connectivity index (χ2n) is 8.36. The van der Waals surface area contributed by atoms with Gasteiger partial charge in [0.1, 0.15) is 11.8 Å². The van der Waals surface area contributed by atoms with Crippen LogP contribution in [0.3, 0.4) is 0 Å². The van der Waals surface area contributed by atoms with Gasteiger partial charge in [0.05, 0.1) is 0 Å². The number of hydrogen-bond donors (Lipinski definition) is 1. The predicted molar refractivity (Wildman–Crippen MR) is 125 cm³/mol. The summed E-state index contributed by atoms with van der Waals surface area (Å²) in [6, 6.07) is 13.4. The highest BCUT2D eigenvalue weighted by Crippen LogP contribution is 2.18. The molecule has 2 aromatic rings. The van der Waals surface area contributed by atoms with Crippen LogP contribution in [0.15, 0.2) is 42.5 Å². The number of carbonyl (C=O) groups is 2. The highest BCUT2D eigenvalue weighted by Gasteiger charge is 2.29. The Morgan fingerprint density at radius 3 is 2.10 bits per heavy atom. The molecule has 0 spiro atoms. The summed E-state index contributed by atoms with van der Waals surface area (Å²) < 4.78 is 5.82. The lowest BCUT2D eigenvalue weighted by molar-refractivity contribution is -0.143. The van der Waals surface area contributed by atoms with Gasteiger partial charge in [0.25, 0.3) is 5.91 Å². The van der Waals surface area contributed by atoms with Gasteiger partial charge < -0.3 is 15.0 Å². The van der Waals surface area contributed by atoms with Crippen molar-refractivity contribution in [3.63, 3.8) is 0 Å². The van der Waals surface area contributed by atoms with Crippen LogP contribution in [0.1, 0.15) is 55.9 Å². The molecule has 5 nitrogen and oxygen atoms in total. The van der Waals surface area contributed by atoms with Gasteiger partial charge in [-0.25, -0.2) is 0 Å². The van der Waals surface area contributed by atoms with Crippen LogP contribution in [0, 0.1) is 20.8 Å². The van der Waals surface area contributed by atoms with E-state index in [2.05, 4.69) is 11.4 Å². The SMILES string of the molecule is CCC(C)NC(=O)C(CC)N(Cc1ccc(C)cc1)C(=O)COc1cc(C)cc(C)c1. The maximum absolute atomic E-state index is 13.2. The van der Waals surface area contributed by atoms with Crippen molar-refractivity contribution in [3.05, 3.63) is 64.7 Å². The summed E-state index contributed by atoms with van der Waals surface area (Å²) in [4.78, 5) is 27.8. The van der Waals surface area contributed by atoms with E-state index in [1.54, 1.807) is 4.90 Å². The maximum Gasteiger partial charge on any atom is 0.261 e. The van der Waals surface area contributed by atoms with Gasteiger partial charge >= 0.3 is 0 Å². The Morgan fingerprint density at radius 2 is 1.55 bits per heavy atom. The molecular formula is C26H36N2O3. The summed E-state index contributed by atoms with van der Waals surface area (Å²) in [5.41, 5.74) is 4.30. The van der Waals surface area contributed by atoms with Crippen LogP contribution in [0.4, 0.5) is 0 Å². The number of benzene rings is 2. The zero-order chi connectivity index (χ0) is 23.0. The van der Waals surface area contributed by atoms with E-state index in [0.717, 1.165) is 28.7 Å². The van der Waals surface area contributed by atoms with Crippen molar-refractivity contribution in [1.29, 1.82) is 0 Å². The first-order chi connectivity index (χ1) is 14.7. The van der Waals surface area contributed by atoms with Crippen molar-refractivity contribution in [2.75, 3.05) is 6.61 Å². The van der Waals surface area contributed by atoms with E-state index in [1.807, 2.05) is 77.9 Å². The second-order valence-corrected chi connectivity index (χ2v) is 8.36. The molecule has 5 heteroatoms. The molecule has 0 aliphatic rings. The van der Waals surface area contributed by atoms with Crippen LogP contribution in [-0.2, 0) is 16.1 Å². The molecule has 2 atom stereocenters. The number of nitrogens with one attached hydrogen (secondary N) is 1. The van der Waals surface area contributed by atoms with Crippen molar-refractivity contribution < 1.29 is 14.3 Å². The Balaban J connectivity index is 2.22. The van der Waals surface area contributed by atoms with Gasteiger partial charge in [-0.3, -0.25) is 9.59 Å². The lowest BCUT2D eigenvalue weighted by Gasteiger charge is -2.31. The van der Waals surface area contributed by atoms with Crippen molar-refractivity contribution in [2.24, 2.45) is 0 Å². The minimum atomic E-state index is -0.550. The summed E-state index contributed by atoms with van der Waals surface area (Å²) in [5, 5.41) is 3.03. The van der Waals surface area contributed by atoms with E-state index in [0.29, 0.717) is 18.7 Å². The first-order valence-electron chi connectivity index (χ1n) is 11.1. The largest absolute Gasteiger partial charge is 0.484 e. The summed E-state index contributed by atoms with van der Waals surface area (Å²) >= 11 is 0. The molecule has 0 aliphatic carbocycles. The van der Waals surface area contributed by atoms with Crippen LogP contribution in [0.25, 0.3) is 0 Å². The summed E-state index contributed by atoms with van der Waals surface area (Å²) in [6.07, 6.45) is 1.37. The van der Waals surface area contributed by atoms with Crippen LogP contribution in [0.5, 0.6) is 5.75 Å². The van der Waals surface area contributed by atoms with Crippen molar-refractivity contribution in [3.8, 4) is 5.75 Å². The van der Waals surface area contributed by atoms with Gasteiger partial charge in [-0.1, -0.05) is 49.7 Å². The van der Waals surface area contributed by atoms with Crippen molar-refractivity contribution in [1.82, 2.24) is 10.2 Å². The summed E-state index contributed by atoms with van der Waals surface area (Å²) in [6.45, 7) is 12.2. The van der Waals surface area contributed by atoms with Crippen molar-refractivity contribution >= 4 is 11.8 Å². The predicted octanol–water partition coefficient (Wildman–Crippen LogP) is 4.71. The topological polar surface area (TPSA) is 58.6 Å². The van der Waals surface area contributed by atoms with Crippen LogP contribution >= 0.6 is 0 Å². The van der Waals surface area contributed by atoms with Crippen LogP contribution in [-0.4, -0.2) is 35.4 Å². The van der Waals surface area contributed by atoms with Gasteiger partial charge in [-0.15, -0.1) is 0 Å². The number of amides is 2. The van der Waals surface area contributed by atoms with E-state index in [1.165, 1.54) is 0 Å². The Hall–Kier alpha value is -2.82. The molecule has 0 aliphatic heterocycles. The van der Waals surface area contributed by atoms with Gasteiger partial charge in [0.15, 0.2) is 6.61 Å². The average Bonchev–Trinajstić information content (AvgIpc) is 2.72. The molecule has 0 bridgehead atoms. The zero-order valence-corrected chi connectivity index (χ0v) is 19.7. The first-order valence-corrected chi connectivity index (χ1v) is 11.1. The Kier molecular flexibility index (Phi) is 9.10. The molecule has 0 radical (unpaired) electrons. The van der Waals surface area contributed by atoms with E-state index in [9.17, 15) is 9.59 Å². The molecule has 1 N–H and O–H groups in total. The Labute approximate surface area is 186 Å². The summed E-state index contributed by atoms with van der Waals surface area (Å²) in [5.74, 6) is 0.341. The van der Waals surface area contributed by atoms with E-state index < -0.39 is 6.04 Å². The molecule has 0 heterocycles. The van der Waals surface area contributed by atoms with E-state index in [4.69, 9.17) is 4.74 Å². The fourth-order valence-electron chi connectivity index (χ4n) is 3.50. The fraction of sp³-hybridized carbons (Fsp3) is 0.462. The van der Waals surface area contributed by atoms with Gasteiger partial charge in [-0.05, 0) is 69.4 Å². The molecule has 2 unspecified atom stereocenters. The van der Waals surface area contributed by atoms with E-state index in [-0.39, 0.29) is 24.5 Å². The fourth-order valence-corrected chi connectivity index (χ4v) is 3.50. The Morgan fingerprint density at radius 1 is 0.935 bits per heavy atom. The molecule has 2 rings (SSSR count). The van der Waals surface area contributed by atoms with Crippen LogP contribution < -0.4 is 10.1 Å². The molecule has 0 saturated carbocycles. The van der Waals surface area contributed by atoms with E-state index >= 15 is 0 Å². The van der Waals surface area contributed by atoms with Gasteiger partial charge in [0.2, 0.25) is 5.91 Å². The molecule has 0 fully saturated rings. The lowest BCUT2D eigenvalue weighted by atomic mass is 10.1. The number of carbonyl (C=O) groups excluding carboxylic acids is 2. The first kappa shape index (κ1) is 24.4. The van der Waals surface area contributed by atoms with Gasteiger partial charge in [-0.2, -0.15) is 0 Å². The second kappa shape index (κ2) is 11.5. The standard InChI is InChI=1S/C26H36N2O3/c1-7-21(6)27-26(30)24(8-2)28(16-22-11-9-18(3)10-12-22)25(29)17-31-23-14-19(4)13-20(5)15-23/h9-15,21,24H,7-8,16-17H2,1-6H3,(H,27,30). The third-order valence-corrected chi connectivity index (χ3v) is 5.42. The highest BCUT2D eigenvalue weighted by atomic mass is 16.5. The number of nitrogens with zero attached hydrogens (tertiary/aromatic N) is 1. The normalized spacial score (nSPS) is 12.7. The third kappa shape index (κ3) is 7.42. The lowest BCUT2D eigenvalue weighted by Crippen LogP contribution is -2.51. The number of ether oxygens (including phenoxy) is 1. The monoisotopic (exact) mass is 424 g/mol. The minimum Gasteiger partial charge on any atom is -0.484 e. The minimum absolute atomic E-state index is 0.0596. The molecule has 2 amide bonds. The quantitative estimate of drug-likeness (QED) is 0.601. The zero-order valence-electron chi connectivity index (χ0n) is 19.7. The molecular weight excluding hydrogens is 388 g/mol. The molecule has 0 saturated heterocycles. The number of rotatable bonds is 10. The smallest absolute Gasteiger partial charge is 0.261 e. The average molecular weight is 425 g/mol. The highest BCUT2D eigenvalue weighted by molar-refractivity contribution is 5.88.